The molecule has 142 valence electrons. The molecule has 0 amide bonds. The topological polar surface area (TPSA) is 48.9 Å². The fourth-order valence-corrected chi connectivity index (χ4v) is 2.64. The molecule has 0 aliphatic carbocycles. The Morgan fingerprint density at radius 1 is 1.16 bits per heavy atom. The summed E-state index contributed by atoms with van der Waals surface area (Å²) in [5, 5.41) is 6.89. The summed E-state index contributed by atoms with van der Waals surface area (Å²) in [6, 6.07) is 9.03. The van der Waals surface area contributed by atoms with Gasteiger partial charge in [-0.2, -0.15) is 0 Å². The highest BCUT2D eigenvalue weighted by Gasteiger charge is 2.13. The van der Waals surface area contributed by atoms with Crippen molar-refractivity contribution in [2.45, 2.75) is 39.9 Å². The van der Waals surface area contributed by atoms with Crippen LogP contribution in [-0.2, 0) is 17.8 Å². The summed E-state index contributed by atoms with van der Waals surface area (Å²) in [6.07, 6.45) is 0. The molecule has 1 aliphatic heterocycles. The Morgan fingerprint density at radius 3 is 2.40 bits per heavy atom. The molecule has 0 aromatic heterocycles. The third-order valence-electron chi connectivity index (χ3n) is 4.65. The van der Waals surface area contributed by atoms with Gasteiger partial charge in [-0.3, -0.25) is 9.89 Å². The van der Waals surface area contributed by atoms with E-state index in [4.69, 9.17) is 4.74 Å². The molecule has 1 atom stereocenters. The number of guanidine groups is 1. The van der Waals surface area contributed by atoms with Crippen molar-refractivity contribution in [3.8, 4) is 0 Å². The van der Waals surface area contributed by atoms with Crippen LogP contribution in [0.1, 0.15) is 31.9 Å². The summed E-state index contributed by atoms with van der Waals surface area (Å²) in [7, 11) is 1.82. The Hall–Kier alpha value is -0.860. The first-order valence-electron chi connectivity index (χ1n) is 8.94. The zero-order valence-corrected chi connectivity index (χ0v) is 18.2. The third kappa shape index (κ3) is 7.50. The summed E-state index contributed by atoms with van der Waals surface area (Å²) in [6.45, 7) is 12.1. The highest BCUT2D eigenvalue weighted by Crippen LogP contribution is 2.13. The maximum Gasteiger partial charge on any atom is 0.191 e. The van der Waals surface area contributed by atoms with Gasteiger partial charge in [-0.05, 0) is 24.0 Å². The first-order valence-corrected chi connectivity index (χ1v) is 8.94. The second-order valence-electron chi connectivity index (χ2n) is 6.76. The van der Waals surface area contributed by atoms with Crippen LogP contribution >= 0.6 is 24.0 Å². The van der Waals surface area contributed by atoms with E-state index >= 15 is 0 Å². The number of morpholine rings is 1. The zero-order valence-electron chi connectivity index (χ0n) is 15.9. The van der Waals surface area contributed by atoms with E-state index < -0.39 is 0 Å². The Morgan fingerprint density at radius 2 is 1.80 bits per heavy atom. The highest BCUT2D eigenvalue weighted by molar-refractivity contribution is 14.0. The van der Waals surface area contributed by atoms with Crippen molar-refractivity contribution in [2.24, 2.45) is 10.9 Å². The van der Waals surface area contributed by atoms with Crippen LogP contribution in [0.5, 0.6) is 0 Å². The Kier molecular flexibility index (Phi) is 10.4. The van der Waals surface area contributed by atoms with Crippen LogP contribution in [0.3, 0.4) is 0 Å². The quantitative estimate of drug-likeness (QED) is 0.390. The number of nitrogens with one attached hydrogen (secondary N) is 2. The molecule has 1 fully saturated rings. The summed E-state index contributed by atoms with van der Waals surface area (Å²) in [5.74, 6) is 1.43. The van der Waals surface area contributed by atoms with Gasteiger partial charge in [0.05, 0.1) is 13.2 Å². The van der Waals surface area contributed by atoms with E-state index in [2.05, 4.69) is 65.6 Å². The number of hydrogen-bond acceptors (Lipinski definition) is 3. The second kappa shape index (κ2) is 11.7. The highest BCUT2D eigenvalue weighted by atomic mass is 127. The molecule has 1 unspecified atom stereocenters. The lowest BCUT2D eigenvalue weighted by Gasteiger charge is -2.27. The molecular weight excluding hydrogens is 427 g/mol. The van der Waals surface area contributed by atoms with Crippen LogP contribution in [0.2, 0.25) is 0 Å². The SMILES string of the molecule is CN=C(NCc1ccccc1CN1CCOCC1)NC(C)C(C)C.I. The largest absolute Gasteiger partial charge is 0.379 e. The van der Waals surface area contributed by atoms with Gasteiger partial charge in [0.25, 0.3) is 0 Å². The first-order chi connectivity index (χ1) is 11.6. The second-order valence-corrected chi connectivity index (χ2v) is 6.76. The number of hydrogen-bond donors (Lipinski definition) is 2. The fourth-order valence-electron chi connectivity index (χ4n) is 2.64. The molecule has 1 saturated heterocycles. The summed E-state index contributed by atoms with van der Waals surface area (Å²) >= 11 is 0. The van der Waals surface area contributed by atoms with Crippen molar-refractivity contribution in [1.29, 1.82) is 0 Å². The maximum atomic E-state index is 5.44. The van der Waals surface area contributed by atoms with Gasteiger partial charge in [-0.25, -0.2) is 0 Å². The summed E-state index contributed by atoms with van der Waals surface area (Å²) < 4.78 is 5.44. The molecule has 1 aromatic carbocycles. The molecule has 5 nitrogen and oxygen atoms in total. The molecule has 2 N–H and O–H groups in total. The minimum atomic E-state index is 0. The lowest BCUT2D eigenvalue weighted by molar-refractivity contribution is 0.0341. The molecule has 2 rings (SSSR count). The van der Waals surface area contributed by atoms with Gasteiger partial charge in [0, 0.05) is 39.3 Å². The Balaban J connectivity index is 0.00000312. The minimum absolute atomic E-state index is 0. The number of aliphatic imine (C=N–C) groups is 1. The fraction of sp³-hybridized carbons (Fsp3) is 0.632. The van der Waals surface area contributed by atoms with Gasteiger partial charge in [0.15, 0.2) is 5.96 Å². The van der Waals surface area contributed by atoms with Crippen molar-refractivity contribution in [3.63, 3.8) is 0 Å². The van der Waals surface area contributed by atoms with E-state index in [0.717, 1.165) is 45.4 Å². The third-order valence-corrected chi connectivity index (χ3v) is 4.65. The van der Waals surface area contributed by atoms with Gasteiger partial charge < -0.3 is 15.4 Å². The molecule has 1 heterocycles. The number of rotatable bonds is 6. The van der Waals surface area contributed by atoms with Crippen LogP contribution in [0.15, 0.2) is 29.3 Å². The minimum Gasteiger partial charge on any atom is -0.379 e. The Bertz CT molecular complexity index is 530. The predicted molar refractivity (Wildman–Crippen MR) is 116 cm³/mol. The van der Waals surface area contributed by atoms with Crippen LogP contribution in [0.4, 0.5) is 0 Å². The van der Waals surface area contributed by atoms with Crippen molar-refractivity contribution in [3.05, 3.63) is 35.4 Å². The normalized spacial score (nSPS) is 17.1. The van der Waals surface area contributed by atoms with Crippen LogP contribution in [0.25, 0.3) is 0 Å². The first kappa shape index (κ1) is 22.2. The molecule has 0 spiro atoms. The summed E-state index contributed by atoms with van der Waals surface area (Å²) in [5.41, 5.74) is 2.70. The molecule has 6 heteroatoms. The van der Waals surface area contributed by atoms with Gasteiger partial charge >= 0.3 is 0 Å². The van der Waals surface area contributed by atoms with E-state index in [1.165, 1.54) is 11.1 Å². The van der Waals surface area contributed by atoms with Gasteiger partial charge in [0.1, 0.15) is 0 Å². The van der Waals surface area contributed by atoms with E-state index in [1.807, 2.05) is 7.05 Å². The zero-order chi connectivity index (χ0) is 17.4. The number of benzene rings is 1. The van der Waals surface area contributed by atoms with Gasteiger partial charge in [-0.1, -0.05) is 38.1 Å². The predicted octanol–water partition coefficient (Wildman–Crippen LogP) is 2.85. The standard InChI is InChI=1S/C19H32N4O.HI/c1-15(2)16(3)22-19(20-4)21-13-17-7-5-6-8-18(17)14-23-9-11-24-12-10-23;/h5-8,15-16H,9-14H2,1-4H3,(H2,20,21,22);1H. The molecular formula is C19H33IN4O. The molecule has 25 heavy (non-hydrogen) atoms. The van der Waals surface area contributed by atoms with Gasteiger partial charge in [-0.15, -0.1) is 24.0 Å². The van der Waals surface area contributed by atoms with E-state index in [1.54, 1.807) is 0 Å². The van der Waals surface area contributed by atoms with E-state index in [9.17, 15) is 0 Å². The van der Waals surface area contributed by atoms with Crippen molar-refractivity contribution in [1.82, 2.24) is 15.5 Å². The van der Waals surface area contributed by atoms with Gasteiger partial charge in [0.2, 0.25) is 0 Å². The van der Waals surface area contributed by atoms with E-state index in [-0.39, 0.29) is 24.0 Å². The van der Waals surface area contributed by atoms with Crippen LogP contribution in [-0.4, -0.2) is 50.3 Å². The lowest BCUT2D eigenvalue weighted by atomic mass is 10.1. The molecule has 1 aromatic rings. The van der Waals surface area contributed by atoms with E-state index in [0.29, 0.717) is 12.0 Å². The Labute approximate surface area is 169 Å². The van der Waals surface area contributed by atoms with Crippen molar-refractivity contribution in [2.75, 3.05) is 33.4 Å². The van der Waals surface area contributed by atoms with Crippen molar-refractivity contribution < 1.29 is 4.74 Å². The van der Waals surface area contributed by atoms with Crippen molar-refractivity contribution >= 4 is 29.9 Å². The number of halogens is 1. The number of ether oxygens (including phenoxy) is 1. The average Bonchev–Trinajstić information content (AvgIpc) is 2.60. The average molecular weight is 460 g/mol. The monoisotopic (exact) mass is 460 g/mol. The summed E-state index contributed by atoms with van der Waals surface area (Å²) in [4.78, 5) is 6.79. The smallest absolute Gasteiger partial charge is 0.191 e. The molecule has 1 aliphatic rings. The van der Waals surface area contributed by atoms with Crippen LogP contribution < -0.4 is 10.6 Å². The molecule has 0 saturated carbocycles. The number of nitrogens with zero attached hydrogens (tertiary/aromatic N) is 2. The lowest BCUT2D eigenvalue weighted by Crippen LogP contribution is -2.44. The molecule has 0 bridgehead atoms. The molecule has 0 radical (unpaired) electrons. The van der Waals surface area contributed by atoms with Crippen LogP contribution in [0, 0.1) is 5.92 Å². The maximum absolute atomic E-state index is 5.44.